The van der Waals surface area contributed by atoms with Crippen LogP contribution >= 0.6 is 11.8 Å². The largest absolute Gasteiger partial charge is 0.465 e. The van der Waals surface area contributed by atoms with Gasteiger partial charge in [-0.2, -0.15) is 13.2 Å². The number of nitrogens with zero attached hydrogens (tertiary/aromatic N) is 2. The third-order valence-electron chi connectivity index (χ3n) is 4.53. The lowest BCUT2D eigenvalue weighted by Gasteiger charge is -2.28. The van der Waals surface area contributed by atoms with Crippen LogP contribution in [0.3, 0.4) is 0 Å². The zero-order valence-electron chi connectivity index (χ0n) is 17.0. The van der Waals surface area contributed by atoms with E-state index in [1.54, 1.807) is 0 Å². The summed E-state index contributed by atoms with van der Waals surface area (Å²) in [6.07, 6.45) is -4.63. The average molecular weight is 465 g/mol. The first-order valence-corrected chi connectivity index (χ1v) is 10.1. The number of anilines is 1. The lowest BCUT2D eigenvalue weighted by atomic mass is 10.2. The van der Waals surface area contributed by atoms with Gasteiger partial charge in [-0.25, -0.2) is 9.79 Å². The van der Waals surface area contributed by atoms with Crippen molar-refractivity contribution in [2.75, 3.05) is 19.5 Å². The van der Waals surface area contributed by atoms with Crippen molar-refractivity contribution in [3.8, 4) is 0 Å². The molecular formula is C21H18F3N3O4S. The number of amidine groups is 1. The maximum Gasteiger partial charge on any atom is 0.416 e. The Labute approximate surface area is 185 Å². The quantitative estimate of drug-likeness (QED) is 0.688. The van der Waals surface area contributed by atoms with E-state index in [1.807, 2.05) is 0 Å². The van der Waals surface area contributed by atoms with Crippen molar-refractivity contribution in [2.24, 2.45) is 4.99 Å². The number of halogens is 3. The number of hydrogen-bond acceptors (Lipinski definition) is 6. The summed E-state index contributed by atoms with van der Waals surface area (Å²) >= 11 is 0.978. The smallest absolute Gasteiger partial charge is 0.416 e. The lowest BCUT2D eigenvalue weighted by Crippen LogP contribution is -2.43. The van der Waals surface area contributed by atoms with Crippen LogP contribution in [0.15, 0.2) is 53.5 Å². The van der Waals surface area contributed by atoms with Crippen LogP contribution in [-0.2, 0) is 20.5 Å². The van der Waals surface area contributed by atoms with Crippen molar-refractivity contribution < 1.29 is 32.3 Å². The van der Waals surface area contributed by atoms with E-state index in [-0.39, 0.29) is 17.3 Å². The third-order valence-corrected chi connectivity index (χ3v) is 5.77. The number of hydrogen-bond donors (Lipinski definition) is 1. The van der Waals surface area contributed by atoms with Gasteiger partial charge in [0.2, 0.25) is 11.8 Å². The molecule has 1 aliphatic rings. The van der Waals surface area contributed by atoms with Gasteiger partial charge in [0.05, 0.1) is 23.9 Å². The van der Waals surface area contributed by atoms with Gasteiger partial charge in [-0.1, -0.05) is 17.8 Å². The number of carbonyl (C=O) groups is 3. The van der Waals surface area contributed by atoms with E-state index in [0.29, 0.717) is 11.3 Å². The van der Waals surface area contributed by atoms with Crippen molar-refractivity contribution in [2.45, 2.75) is 17.8 Å². The molecule has 7 nitrogen and oxygen atoms in total. The molecule has 1 atom stereocenters. The molecule has 1 heterocycles. The summed E-state index contributed by atoms with van der Waals surface area (Å²) in [4.78, 5) is 41.9. The minimum absolute atomic E-state index is 0.0152. The molecule has 1 fully saturated rings. The Morgan fingerprint density at radius 3 is 2.50 bits per heavy atom. The second kappa shape index (κ2) is 9.43. The molecule has 11 heteroatoms. The number of ether oxygens (including phenoxy) is 1. The van der Waals surface area contributed by atoms with Gasteiger partial charge < -0.3 is 10.1 Å². The van der Waals surface area contributed by atoms with Gasteiger partial charge in [0.1, 0.15) is 5.25 Å². The molecule has 168 valence electrons. The molecule has 0 bridgehead atoms. The van der Waals surface area contributed by atoms with Crippen LogP contribution in [0.4, 0.5) is 24.5 Å². The van der Waals surface area contributed by atoms with Crippen LogP contribution in [-0.4, -0.2) is 47.3 Å². The number of methoxy groups -OCH3 is 1. The fourth-order valence-electron chi connectivity index (χ4n) is 2.79. The second-order valence-electron chi connectivity index (χ2n) is 6.76. The lowest BCUT2D eigenvalue weighted by molar-refractivity contribution is -0.137. The Morgan fingerprint density at radius 1 is 1.19 bits per heavy atom. The molecule has 2 aromatic rings. The molecule has 0 saturated carbocycles. The fourth-order valence-corrected chi connectivity index (χ4v) is 3.85. The predicted octanol–water partition coefficient (Wildman–Crippen LogP) is 4.08. The molecule has 0 radical (unpaired) electrons. The van der Waals surface area contributed by atoms with Crippen LogP contribution in [0.2, 0.25) is 0 Å². The van der Waals surface area contributed by atoms with Gasteiger partial charge in [-0.3, -0.25) is 14.5 Å². The molecule has 1 saturated heterocycles. The van der Waals surface area contributed by atoms with Gasteiger partial charge in [0.15, 0.2) is 5.17 Å². The molecule has 2 aromatic carbocycles. The molecule has 0 spiro atoms. The van der Waals surface area contributed by atoms with Crippen LogP contribution < -0.4 is 5.32 Å². The van der Waals surface area contributed by atoms with Gasteiger partial charge in [-0.05, 0) is 42.5 Å². The summed E-state index contributed by atoms with van der Waals surface area (Å²) in [7, 11) is 2.70. The minimum Gasteiger partial charge on any atom is -0.465 e. The summed E-state index contributed by atoms with van der Waals surface area (Å²) in [5.74, 6) is -1.38. The van der Waals surface area contributed by atoms with Crippen LogP contribution in [0.5, 0.6) is 0 Å². The standard InChI is InChI=1S/C21H18F3N3O4S/c1-27-17(28)11-16(18(29)25-14-8-6-12(7-9-14)19(30)31-2)32-20(27)26-15-5-3-4-13(10-15)21(22,23)24/h3-10,16H,11H2,1-2H3,(H,25,29)/t16-/m1/s1. The number of nitrogens with one attached hydrogen (secondary N) is 1. The van der Waals surface area contributed by atoms with E-state index >= 15 is 0 Å². The Bertz CT molecular complexity index is 1070. The highest BCUT2D eigenvalue weighted by Crippen LogP contribution is 2.33. The zero-order chi connectivity index (χ0) is 23.5. The summed E-state index contributed by atoms with van der Waals surface area (Å²) < 4.78 is 43.5. The van der Waals surface area contributed by atoms with E-state index < -0.39 is 34.8 Å². The number of alkyl halides is 3. The van der Waals surface area contributed by atoms with Gasteiger partial charge in [-0.15, -0.1) is 0 Å². The number of esters is 1. The molecule has 32 heavy (non-hydrogen) atoms. The molecule has 0 aromatic heterocycles. The molecule has 1 aliphatic heterocycles. The first-order chi connectivity index (χ1) is 15.1. The van der Waals surface area contributed by atoms with Crippen molar-refractivity contribution in [1.82, 2.24) is 4.90 Å². The first-order valence-electron chi connectivity index (χ1n) is 9.27. The fraction of sp³-hybridized carbons (Fsp3) is 0.238. The van der Waals surface area contributed by atoms with Crippen molar-refractivity contribution in [3.63, 3.8) is 0 Å². The van der Waals surface area contributed by atoms with Gasteiger partial charge in [0.25, 0.3) is 0 Å². The number of aliphatic imine (C=N–C) groups is 1. The SMILES string of the molecule is COC(=O)c1ccc(NC(=O)[C@H]2CC(=O)N(C)C(=Nc3cccc(C(F)(F)F)c3)S2)cc1. The maximum atomic E-state index is 13.0. The van der Waals surface area contributed by atoms with Crippen LogP contribution in [0.1, 0.15) is 22.3 Å². The minimum atomic E-state index is -4.52. The molecular weight excluding hydrogens is 447 g/mol. The number of benzene rings is 2. The van der Waals surface area contributed by atoms with Gasteiger partial charge >= 0.3 is 12.1 Å². The monoisotopic (exact) mass is 465 g/mol. The van der Waals surface area contributed by atoms with Gasteiger partial charge in [0, 0.05) is 19.2 Å². The summed E-state index contributed by atoms with van der Waals surface area (Å²) in [6.45, 7) is 0. The summed E-state index contributed by atoms with van der Waals surface area (Å²) in [5, 5.41) is 1.94. The van der Waals surface area contributed by atoms with E-state index in [4.69, 9.17) is 0 Å². The highest BCUT2D eigenvalue weighted by atomic mass is 32.2. The Kier molecular flexibility index (Phi) is 6.87. The Morgan fingerprint density at radius 2 is 1.88 bits per heavy atom. The topological polar surface area (TPSA) is 88.1 Å². The number of carbonyl (C=O) groups excluding carboxylic acids is 3. The number of rotatable bonds is 4. The maximum absolute atomic E-state index is 13.0. The number of thioether (sulfide) groups is 1. The molecule has 0 aliphatic carbocycles. The van der Waals surface area contributed by atoms with Crippen LogP contribution in [0, 0.1) is 0 Å². The Hall–Kier alpha value is -3.34. The third kappa shape index (κ3) is 5.47. The van der Waals surface area contributed by atoms with E-state index in [2.05, 4.69) is 15.0 Å². The van der Waals surface area contributed by atoms with Crippen molar-refractivity contribution in [1.29, 1.82) is 0 Å². The van der Waals surface area contributed by atoms with E-state index in [1.165, 1.54) is 55.5 Å². The van der Waals surface area contributed by atoms with Crippen LogP contribution in [0.25, 0.3) is 0 Å². The summed E-state index contributed by atoms with van der Waals surface area (Å²) in [6, 6.07) is 10.4. The van der Waals surface area contributed by atoms with Crippen molar-refractivity contribution >= 4 is 46.1 Å². The van der Waals surface area contributed by atoms with Crippen molar-refractivity contribution in [3.05, 3.63) is 59.7 Å². The average Bonchev–Trinajstić information content (AvgIpc) is 2.76. The zero-order valence-corrected chi connectivity index (χ0v) is 17.8. The summed E-state index contributed by atoms with van der Waals surface area (Å²) in [5.41, 5.74) is -0.129. The van der Waals surface area contributed by atoms with E-state index in [9.17, 15) is 27.6 Å². The predicted molar refractivity (Wildman–Crippen MR) is 114 cm³/mol. The highest BCUT2D eigenvalue weighted by molar-refractivity contribution is 8.15. The second-order valence-corrected chi connectivity index (χ2v) is 7.93. The molecule has 0 unspecified atom stereocenters. The first kappa shape index (κ1) is 23.3. The number of amides is 2. The van der Waals surface area contributed by atoms with E-state index in [0.717, 1.165) is 23.9 Å². The highest BCUT2D eigenvalue weighted by Gasteiger charge is 2.34. The molecule has 3 rings (SSSR count). The Balaban J connectivity index is 1.76. The molecule has 2 amide bonds. The normalized spacial score (nSPS) is 17.9. The molecule has 1 N–H and O–H groups in total.